The molecule has 29 heavy (non-hydrogen) atoms. The zero-order chi connectivity index (χ0) is 21.0. The zero-order valence-corrected chi connectivity index (χ0v) is 17.0. The summed E-state index contributed by atoms with van der Waals surface area (Å²) < 4.78 is 24.2. The molecule has 3 rings (SSSR count). The maximum absolute atomic E-state index is 13.4. The number of carbonyl (C=O) groups excluding carboxylic acids is 2. The standard InChI is InChI=1S/C21H22ClFN2O4/c1-3-29-18-7-4-13(8-19(18)28-2)11-24-21(27)14-9-20(26)25(12-14)15-5-6-17(23)16(22)10-15/h4-8,10,14H,3,9,11-12H2,1-2H3,(H,24,27)/t14-/m0/s1. The number of carbonyl (C=O) groups is 2. The molecule has 1 N–H and O–H groups in total. The Morgan fingerprint density at radius 2 is 2.07 bits per heavy atom. The van der Waals surface area contributed by atoms with Crippen LogP contribution < -0.4 is 19.7 Å². The van der Waals surface area contributed by atoms with Gasteiger partial charge in [0, 0.05) is 25.2 Å². The summed E-state index contributed by atoms with van der Waals surface area (Å²) in [5.74, 6) is -0.232. The van der Waals surface area contributed by atoms with Gasteiger partial charge >= 0.3 is 0 Å². The maximum Gasteiger partial charge on any atom is 0.227 e. The Hall–Kier alpha value is -2.80. The number of nitrogens with zero attached hydrogens (tertiary/aromatic N) is 1. The van der Waals surface area contributed by atoms with Crippen molar-refractivity contribution in [3.05, 3.63) is 52.8 Å². The molecule has 1 atom stereocenters. The highest BCUT2D eigenvalue weighted by molar-refractivity contribution is 6.31. The van der Waals surface area contributed by atoms with E-state index in [9.17, 15) is 14.0 Å². The molecule has 1 aliphatic rings. The number of benzene rings is 2. The molecule has 154 valence electrons. The molecule has 0 unspecified atom stereocenters. The van der Waals surface area contributed by atoms with Gasteiger partial charge in [-0.2, -0.15) is 0 Å². The van der Waals surface area contributed by atoms with E-state index in [0.29, 0.717) is 30.3 Å². The molecule has 0 aromatic heterocycles. The third kappa shape index (κ3) is 4.79. The Kier molecular flexibility index (Phi) is 6.59. The summed E-state index contributed by atoms with van der Waals surface area (Å²) in [6.07, 6.45) is 0.0907. The van der Waals surface area contributed by atoms with Gasteiger partial charge in [0.1, 0.15) is 5.82 Å². The van der Waals surface area contributed by atoms with Crippen LogP contribution in [0.5, 0.6) is 11.5 Å². The molecule has 0 radical (unpaired) electrons. The van der Waals surface area contributed by atoms with Gasteiger partial charge in [0.2, 0.25) is 11.8 Å². The van der Waals surface area contributed by atoms with Crippen LogP contribution in [0.1, 0.15) is 18.9 Å². The minimum absolute atomic E-state index is 0.0624. The second-order valence-electron chi connectivity index (χ2n) is 6.64. The van der Waals surface area contributed by atoms with Gasteiger partial charge in [-0.3, -0.25) is 9.59 Å². The van der Waals surface area contributed by atoms with Crippen molar-refractivity contribution in [2.75, 3.05) is 25.2 Å². The van der Waals surface area contributed by atoms with E-state index in [0.717, 1.165) is 5.56 Å². The molecule has 8 heteroatoms. The van der Waals surface area contributed by atoms with Crippen molar-refractivity contribution in [1.82, 2.24) is 5.32 Å². The third-order valence-corrected chi connectivity index (χ3v) is 4.99. The first kappa shape index (κ1) is 20.9. The van der Waals surface area contributed by atoms with Crippen molar-refractivity contribution in [2.24, 2.45) is 5.92 Å². The Bertz CT molecular complexity index is 922. The molecule has 2 aromatic carbocycles. The first-order valence-electron chi connectivity index (χ1n) is 9.25. The van der Waals surface area contributed by atoms with E-state index < -0.39 is 11.7 Å². The molecular weight excluding hydrogens is 399 g/mol. The number of ether oxygens (including phenoxy) is 2. The van der Waals surface area contributed by atoms with Gasteiger partial charge in [-0.05, 0) is 42.8 Å². The van der Waals surface area contributed by atoms with Gasteiger partial charge in [0.05, 0.1) is 24.7 Å². The molecule has 0 aliphatic carbocycles. The molecule has 0 saturated carbocycles. The molecule has 1 saturated heterocycles. The smallest absolute Gasteiger partial charge is 0.227 e. The SMILES string of the molecule is CCOc1ccc(CNC(=O)[C@H]2CC(=O)N(c3ccc(F)c(Cl)c3)C2)cc1OC. The van der Waals surface area contributed by atoms with E-state index in [-0.39, 0.29) is 29.8 Å². The summed E-state index contributed by atoms with van der Waals surface area (Å²) in [5.41, 5.74) is 1.33. The highest BCUT2D eigenvalue weighted by Crippen LogP contribution is 2.30. The molecule has 2 amide bonds. The van der Waals surface area contributed by atoms with Crippen molar-refractivity contribution in [1.29, 1.82) is 0 Å². The van der Waals surface area contributed by atoms with Gasteiger partial charge in [0.15, 0.2) is 11.5 Å². The fourth-order valence-corrected chi connectivity index (χ4v) is 3.39. The molecule has 1 fully saturated rings. The number of nitrogens with one attached hydrogen (secondary N) is 1. The van der Waals surface area contributed by atoms with Crippen molar-refractivity contribution in [3.8, 4) is 11.5 Å². The van der Waals surface area contributed by atoms with Crippen molar-refractivity contribution < 1.29 is 23.5 Å². The van der Waals surface area contributed by atoms with Crippen LogP contribution in [0.4, 0.5) is 10.1 Å². The molecule has 1 heterocycles. The number of methoxy groups -OCH3 is 1. The van der Waals surface area contributed by atoms with Crippen LogP contribution in [-0.4, -0.2) is 32.1 Å². The number of halogens is 2. The van der Waals surface area contributed by atoms with Gasteiger partial charge < -0.3 is 19.7 Å². The Morgan fingerprint density at radius 3 is 2.76 bits per heavy atom. The number of hydrogen-bond donors (Lipinski definition) is 1. The van der Waals surface area contributed by atoms with Gasteiger partial charge in [-0.1, -0.05) is 17.7 Å². The second kappa shape index (κ2) is 9.13. The zero-order valence-electron chi connectivity index (χ0n) is 16.2. The monoisotopic (exact) mass is 420 g/mol. The number of anilines is 1. The first-order valence-corrected chi connectivity index (χ1v) is 9.63. The topological polar surface area (TPSA) is 67.9 Å². The van der Waals surface area contributed by atoms with E-state index in [1.807, 2.05) is 13.0 Å². The maximum atomic E-state index is 13.4. The van der Waals surface area contributed by atoms with Gasteiger partial charge in [0.25, 0.3) is 0 Å². The lowest BCUT2D eigenvalue weighted by Crippen LogP contribution is -2.32. The Labute approximate surface area is 173 Å². The predicted octanol–water partition coefficient (Wildman–Crippen LogP) is 3.56. The summed E-state index contributed by atoms with van der Waals surface area (Å²) in [4.78, 5) is 26.3. The fraction of sp³-hybridized carbons (Fsp3) is 0.333. The second-order valence-corrected chi connectivity index (χ2v) is 7.05. The van der Waals surface area contributed by atoms with Crippen LogP contribution >= 0.6 is 11.6 Å². The lowest BCUT2D eigenvalue weighted by atomic mass is 10.1. The lowest BCUT2D eigenvalue weighted by Gasteiger charge is -2.17. The van der Waals surface area contributed by atoms with Crippen LogP contribution in [0.2, 0.25) is 5.02 Å². The van der Waals surface area contributed by atoms with Crippen molar-refractivity contribution >= 4 is 29.1 Å². The molecule has 0 bridgehead atoms. The third-order valence-electron chi connectivity index (χ3n) is 4.71. The molecule has 0 spiro atoms. The minimum atomic E-state index is -0.554. The summed E-state index contributed by atoms with van der Waals surface area (Å²) in [7, 11) is 1.56. The average Bonchev–Trinajstić information content (AvgIpc) is 3.11. The van der Waals surface area contributed by atoms with Crippen LogP contribution in [0.25, 0.3) is 0 Å². The van der Waals surface area contributed by atoms with E-state index in [1.165, 1.54) is 23.1 Å². The first-order chi connectivity index (χ1) is 13.9. The Balaban J connectivity index is 1.61. The minimum Gasteiger partial charge on any atom is -0.493 e. The largest absolute Gasteiger partial charge is 0.493 e. The molecule has 1 aliphatic heterocycles. The van der Waals surface area contributed by atoms with Gasteiger partial charge in [-0.25, -0.2) is 4.39 Å². The van der Waals surface area contributed by atoms with Crippen LogP contribution in [0, 0.1) is 11.7 Å². The average molecular weight is 421 g/mol. The fourth-order valence-electron chi connectivity index (χ4n) is 3.22. The number of amides is 2. The normalized spacial score (nSPS) is 16.1. The predicted molar refractivity (Wildman–Crippen MR) is 108 cm³/mol. The molecule has 2 aromatic rings. The summed E-state index contributed by atoms with van der Waals surface area (Å²) in [6, 6.07) is 9.52. The van der Waals surface area contributed by atoms with E-state index in [1.54, 1.807) is 19.2 Å². The highest BCUT2D eigenvalue weighted by atomic mass is 35.5. The van der Waals surface area contributed by atoms with Crippen molar-refractivity contribution in [3.63, 3.8) is 0 Å². The highest BCUT2D eigenvalue weighted by Gasteiger charge is 2.35. The summed E-state index contributed by atoms with van der Waals surface area (Å²) in [5, 5.41) is 2.79. The van der Waals surface area contributed by atoms with Crippen LogP contribution in [0.3, 0.4) is 0 Å². The van der Waals surface area contributed by atoms with Gasteiger partial charge in [-0.15, -0.1) is 0 Å². The van der Waals surface area contributed by atoms with E-state index >= 15 is 0 Å². The Morgan fingerprint density at radius 1 is 1.28 bits per heavy atom. The molecular formula is C21H22ClFN2O4. The quantitative estimate of drug-likeness (QED) is 0.743. The van der Waals surface area contributed by atoms with Crippen LogP contribution in [0.15, 0.2) is 36.4 Å². The number of hydrogen-bond acceptors (Lipinski definition) is 4. The van der Waals surface area contributed by atoms with E-state index in [4.69, 9.17) is 21.1 Å². The summed E-state index contributed by atoms with van der Waals surface area (Å²) >= 11 is 5.80. The molecule has 6 nitrogen and oxygen atoms in total. The number of rotatable bonds is 7. The van der Waals surface area contributed by atoms with Crippen molar-refractivity contribution in [2.45, 2.75) is 19.9 Å². The summed E-state index contributed by atoms with van der Waals surface area (Å²) in [6.45, 7) is 2.94. The van der Waals surface area contributed by atoms with Crippen LogP contribution in [-0.2, 0) is 16.1 Å². The lowest BCUT2D eigenvalue weighted by molar-refractivity contribution is -0.126. The van der Waals surface area contributed by atoms with E-state index in [2.05, 4.69) is 5.32 Å².